The highest BCUT2D eigenvalue weighted by molar-refractivity contribution is 5.89. The third-order valence-electron chi connectivity index (χ3n) is 16.3. The lowest BCUT2D eigenvalue weighted by molar-refractivity contribution is -0.138. The molecule has 0 aliphatic rings. The normalized spacial score (nSPS) is 11.3. The Balaban J connectivity index is 0.874. The van der Waals surface area contributed by atoms with Crippen molar-refractivity contribution in [2.45, 2.75) is 131 Å². The molecule has 4 aromatic carbocycles. The number of ether oxygens (including phenoxy) is 6. The number of nitrogens with one attached hydrogen (secondary N) is 2. The first-order valence-electron chi connectivity index (χ1n) is 35.1. The Labute approximate surface area is 590 Å². The molecule has 0 radical (unpaired) electrons. The number of ketones is 1. The zero-order valence-electron chi connectivity index (χ0n) is 58.3. The van der Waals surface area contributed by atoms with Crippen molar-refractivity contribution in [1.82, 2.24) is 40.0 Å². The van der Waals surface area contributed by atoms with Gasteiger partial charge < -0.3 is 49.7 Å². The van der Waals surface area contributed by atoms with E-state index in [1.54, 1.807) is 11.1 Å². The van der Waals surface area contributed by atoms with Crippen molar-refractivity contribution >= 4 is 29.3 Å². The summed E-state index contributed by atoms with van der Waals surface area (Å²) < 4.78 is 35.7. The summed E-state index contributed by atoms with van der Waals surface area (Å²) in [6, 6.07) is 56.0. The molecule has 0 fully saturated rings. The Hall–Kier alpha value is -8.96. The maximum absolute atomic E-state index is 13.8. The highest BCUT2D eigenvalue weighted by Crippen LogP contribution is 2.25. The molecule has 0 aliphatic heterocycles. The predicted molar refractivity (Wildman–Crippen MR) is 388 cm³/mol. The topological polar surface area (TPSA) is 235 Å². The van der Waals surface area contributed by atoms with Crippen LogP contribution in [-0.4, -0.2) is 137 Å². The second-order valence-corrected chi connectivity index (χ2v) is 24.7. The Bertz CT molecular complexity index is 3510. The first-order valence-corrected chi connectivity index (χ1v) is 35.1. The van der Waals surface area contributed by atoms with E-state index < -0.39 is 0 Å². The molecule has 20 nitrogen and oxygen atoms in total. The van der Waals surface area contributed by atoms with Gasteiger partial charge >= 0.3 is 0 Å². The highest BCUT2D eigenvalue weighted by atomic mass is 16.6. The number of rotatable bonds is 49. The molecule has 0 saturated carbocycles. The van der Waals surface area contributed by atoms with Crippen molar-refractivity contribution in [3.63, 3.8) is 0 Å². The van der Waals surface area contributed by atoms with Crippen LogP contribution in [0.15, 0.2) is 182 Å². The number of anilines is 1. The molecular weight excluding hydrogens is 1260 g/mol. The van der Waals surface area contributed by atoms with Crippen LogP contribution in [0.2, 0.25) is 0 Å². The summed E-state index contributed by atoms with van der Waals surface area (Å²) in [5.41, 5.74) is 17.1. The maximum atomic E-state index is 13.8. The van der Waals surface area contributed by atoms with Gasteiger partial charge in [-0.1, -0.05) is 149 Å². The molecule has 0 unspecified atom stereocenters. The molecule has 8 aromatic rings. The Morgan fingerprint density at radius 3 is 1.60 bits per heavy atom. The molecule has 0 bridgehead atoms. The van der Waals surface area contributed by atoms with E-state index in [1.807, 2.05) is 134 Å². The zero-order chi connectivity index (χ0) is 70.0. The lowest BCUT2D eigenvalue weighted by Crippen LogP contribution is -2.36. The van der Waals surface area contributed by atoms with Crippen LogP contribution in [0.5, 0.6) is 5.75 Å². The van der Waals surface area contributed by atoms with E-state index >= 15 is 0 Å². The van der Waals surface area contributed by atoms with Gasteiger partial charge in [0.1, 0.15) is 37.2 Å². The molecule has 0 aliphatic carbocycles. The van der Waals surface area contributed by atoms with Crippen LogP contribution < -0.4 is 21.1 Å². The van der Waals surface area contributed by atoms with E-state index in [9.17, 15) is 19.2 Å². The predicted octanol–water partition coefficient (Wildman–Crippen LogP) is 11.8. The molecule has 20 heteroatoms. The Kier molecular flexibility index (Phi) is 34.5. The number of hydrogen-bond acceptors (Lipinski definition) is 17. The number of unbranched alkanes of at least 4 members (excludes halogenated alkanes) is 4. The Morgan fingerprint density at radius 1 is 0.440 bits per heavy atom. The number of pyridine rings is 4. The van der Waals surface area contributed by atoms with Crippen LogP contribution in [0.4, 0.5) is 5.82 Å². The summed E-state index contributed by atoms with van der Waals surface area (Å²) in [4.78, 5) is 77.6. The lowest BCUT2D eigenvalue weighted by atomic mass is 10.0. The number of amides is 3. The smallest absolute Gasteiger partial charge is 0.248 e. The minimum atomic E-state index is -0.224. The van der Waals surface area contributed by atoms with Crippen molar-refractivity contribution in [3.8, 4) is 16.9 Å². The van der Waals surface area contributed by atoms with Gasteiger partial charge in [0.05, 0.1) is 75.6 Å². The minimum Gasteiger partial charge on any atom is -0.491 e. The minimum absolute atomic E-state index is 0.0453. The second kappa shape index (κ2) is 44.9. The van der Waals surface area contributed by atoms with Gasteiger partial charge in [0.2, 0.25) is 17.7 Å². The molecule has 3 amide bonds. The summed E-state index contributed by atoms with van der Waals surface area (Å²) in [6.45, 7) is 11.1. The summed E-state index contributed by atoms with van der Waals surface area (Å²) in [5.74, 6) is 0.947. The van der Waals surface area contributed by atoms with E-state index in [0.29, 0.717) is 116 Å². The van der Waals surface area contributed by atoms with Crippen molar-refractivity contribution < 1.29 is 47.6 Å². The van der Waals surface area contributed by atoms with Crippen LogP contribution in [0.1, 0.15) is 122 Å². The van der Waals surface area contributed by atoms with Gasteiger partial charge in [0.25, 0.3) is 0 Å². The molecule has 8 rings (SSSR count). The molecule has 4 N–H and O–H groups in total. The van der Waals surface area contributed by atoms with Crippen molar-refractivity contribution in [2.75, 3.05) is 84.5 Å². The zero-order valence-corrected chi connectivity index (χ0v) is 58.3. The van der Waals surface area contributed by atoms with Gasteiger partial charge in [0, 0.05) is 103 Å². The fraction of sp³-hybridized carbons (Fsp3) is 0.400. The standard InChI is InChI=1S/C80H100N10O10/c1-3-5-8-25-75(91)51-70-22-16-23-73(85-70)59-88(57-71-20-12-14-36-82-71)54-66-48-67(55-89(58-72-21-13-15-37-83-72)60-74-24-17-26-77(86-74)87-78(92)27-9-6-4-2)50-76(49-66)100-47-46-97-41-40-95-39-38-90(56-65-32-34-69(35-33-65)68-18-10-7-11-19-68)80(94)62-99-45-43-96-42-44-98-61-79(93)84-53-64-30-28-63(52-81)29-31-64/h7,10-24,26,28-37,48-50H,3-6,8-9,25,27,38-47,51-62,81H2,1-2H3,(H,84,93)(H,86,87,92). The summed E-state index contributed by atoms with van der Waals surface area (Å²) >= 11 is 0. The number of nitrogens with two attached hydrogens (primary N) is 1. The number of benzene rings is 4. The fourth-order valence-electron chi connectivity index (χ4n) is 11.2. The molecular formula is C80H100N10O10. The number of hydrogen-bond donors (Lipinski definition) is 3. The first kappa shape index (κ1) is 76.8. The van der Waals surface area contributed by atoms with Gasteiger partial charge in [-0.25, -0.2) is 4.98 Å². The molecule has 0 saturated heterocycles. The number of carbonyl (C=O) groups is 4. The van der Waals surface area contributed by atoms with Gasteiger partial charge in [-0.05, 0) is 112 Å². The summed E-state index contributed by atoms with van der Waals surface area (Å²) in [6.07, 6.45) is 10.8. The van der Waals surface area contributed by atoms with E-state index in [2.05, 4.69) is 76.7 Å². The number of Topliss-reactive ketones (excluding diaryl/α,β-unsaturated/α-hetero) is 1. The van der Waals surface area contributed by atoms with E-state index in [0.717, 1.165) is 106 Å². The average molecular weight is 1360 g/mol. The van der Waals surface area contributed by atoms with Gasteiger partial charge in [-0.2, -0.15) is 0 Å². The number of carbonyl (C=O) groups excluding carboxylic acids is 4. The molecule has 0 atom stereocenters. The second-order valence-electron chi connectivity index (χ2n) is 24.7. The highest BCUT2D eigenvalue weighted by Gasteiger charge is 2.19. The molecule has 4 aromatic heterocycles. The Morgan fingerprint density at radius 2 is 0.970 bits per heavy atom. The van der Waals surface area contributed by atoms with Crippen molar-refractivity contribution in [1.29, 1.82) is 0 Å². The average Bonchev–Trinajstić information content (AvgIpc) is 0.923. The fourth-order valence-corrected chi connectivity index (χ4v) is 11.2. The van der Waals surface area contributed by atoms with Crippen molar-refractivity contribution in [2.24, 2.45) is 5.73 Å². The summed E-state index contributed by atoms with van der Waals surface area (Å²) in [5, 5.41) is 5.86. The van der Waals surface area contributed by atoms with Crippen LogP contribution >= 0.6 is 0 Å². The van der Waals surface area contributed by atoms with Crippen LogP contribution in [0.25, 0.3) is 11.1 Å². The van der Waals surface area contributed by atoms with Crippen LogP contribution in [-0.2, 0) is 108 Å². The molecule has 100 heavy (non-hydrogen) atoms. The number of aromatic nitrogens is 4. The van der Waals surface area contributed by atoms with E-state index in [4.69, 9.17) is 54.1 Å². The molecule has 0 spiro atoms. The van der Waals surface area contributed by atoms with E-state index in [1.165, 1.54) is 0 Å². The van der Waals surface area contributed by atoms with Crippen LogP contribution in [0, 0.1) is 0 Å². The van der Waals surface area contributed by atoms with Gasteiger partial charge in [0.15, 0.2) is 0 Å². The van der Waals surface area contributed by atoms with Gasteiger partial charge in [-0.3, -0.25) is 43.9 Å². The lowest BCUT2D eigenvalue weighted by Gasteiger charge is -2.25. The molecule has 4 heterocycles. The van der Waals surface area contributed by atoms with Crippen LogP contribution in [0.3, 0.4) is 0 Å². The third kappa shape index (κ3) is 29.9. The SMILES string of the molecule is CCCCCC(=O)Cc1cccc(CN(Cc2cc(CN(Cc3ccccn3)Cc3cccc(NC(=O)CCCCC)n3)cc(OCCOCCOCCN(Cc3ccc(-c4ccccc4)cc3)C(=O)COCCOCCOCC(=O)NCc3ccc(CN)cc3)c2)Cc2ccccn2)n1. The summed E-state index contributed by atoms with van der Waals surface area (Å²) in [7, 11) is 0. The first-order chi connectivity index (χ1) is 49.1. The largest absolute Gasteiger partial charge is 0.491 e. The van der Waals surface area contributed by atoms with Gasteiger partial charge in [-0.15, -0.1) is 0 Å². The maximum Gasteiger partial charge on any atom is 0.248 e. The monoisotopic (exact) mass is 1360 g/mol. The van der Waals surface area contributed by atoms with Crippen molar-refractivity contribution in [3.05, 3.63) is 239 Å². The van der Waals surface area contributed by atoms with E-state index in [-0.39, 0.29) is 76.4 Å². The third-order valence-corrected chi connectivity index (χ3v) is 16.3. The molecule has 530 valence electrons. The number of nitrogens with zero attached hydrogens (tertiary/aromatic N) is 7. The quantitative estimate of drug-likeness (QED) is 0.0301.